The van der Waals surface area contributed by atoms with Crippen LogP contribution in [0.4, 0.5) is 11.4 Å². The minimum Gasteiger partial charge on any atom is -0.371 e. The summed E-state index contributed by atoms with van der Waals surface area (Å²) in [6.45, 7) is 6.46. The van der Waals surface area contributed by atoms with Crippen LogP contribution in [0.2, 0.25) is 0 Å². The first kappa shape index (κ1) is 18.8. The number of likely N-dealkylation sites (N-methyl/N-ethyl adjacent to an activating group) is 1. The van der Waals surface area contributed by atoms with Gasteiger partial charge in [0.1, 0.15) is 0 Å². The monoisotopic (exact) mass is 391 g/mol. The maximum Gasteiger partial charge on any atom is 0.266 e. The Hall–Kier alpha value is -2.53. The molecule has 4 rings (SSSR count). The third-order valence-electron chi connectivity index (χ3n) is 5.30. The van der Waals surface area contributed by atoms with Gasteiger partial charge in [0.2, 0.25) is 0 Å². The molecular formula is C23H25N3OS. The summed E-state index contributed by atoms with van der Waals surface area (Å²) in [5, 5.41) is 0.718. The summed E-state index contributed by atoms with van der Waals surface area (Å²) in [4.78, 5) is 22.2. The molecule has 0 bridgehead atoms. The molecule has 28 heavy (non-hydrogen) atoms. The van der Waals surface area contributed by atoms with Crippen molar-refractivity contribution < 1.29 is 4.79 Å². The van der Waals surface area contributed by atoms with Gasteiger partial charge in [-0.25, -0.2) is 4.99 Å². The lowest BCUT2D eigenvalue weighted by Gasteiger charge is -2.20. The minimum absolute atomic E-state index is 0.00129. The molecule has 4 nitrogen and oxygen atoms in total. The zero-order valence-electron chi connectivity index (χ0n) is 16.6. The first-order valence-corrected chi connectivity index (χ1v) is 10.5. The van der Waals surface area contributed by atoms with Gasteiger partial charge in [-0.1, -0.05) is 24.3 Å². The van der Waals surface area contributed by atoms with Gasteiger partial charge in [-0.2, -0.15) is 0 Å². The summed E-state index contributed by atoms with van der Waals surface area (Å²) in [5.74, 6) is -0.00129. The van der Waals surface area contributed by atoms with E-state index in [-0.39, 0.29) is 5.91 Å². The molecule has 0 saturated carbocycles. The Kier molecular flexibility index (Phi) is 5.27. The molecule has 0 spiro atoms. The van der Waals surface area contributed by atoms with E-state index < -0.39 is 0 Å². The van der Waals surface area contributed by atoms with Crippen LogP contribution in [0.3, 0.4) is 0 Å². The molecule has 2 heterocycles. The molecule has 0 atom stereocenters. The average Bonchev–Trinajstić information content (AvgIpc) is 3.29. The second kappa shape index (κ2) is 7.84. The molecule has 2 saturated heterocycles. The topological polar surface area (TPSA) is 35.9 Å². The van der Waals surface area contributed by atoms with Crippen LogP contribution in [-0.2, 0) is 4.79 Å². The summed E-state index contributed by atoms with van der Waals surface area (Å²) < 4.78 is 0. The van der Waals surface area contributed by atoms with E-state index in [1.807, 2.05) is 37.3 Å². The highest BCUT2D eigenvalue weighted by atomic mass is 32.2. The van der Waals surface area contributed by atoms with Crippen molar-refractivity contribution in [2.45, 2.75) is 26.7 Å². The van der Waals surface area contributed by atoms with E-state index >= 15 is 0 Å². The van der Waals surface area contributed by atoms with Crippen LogP contribution in [0, 0.1) is 13.8 Å². The van der Waals surface area contributed by atoms with Gasteiger partial charge in [0.25, 0.3) is 5.91 Å². The van der Waals surface area contributed by atoms with Gasteiger partial charge in [0.15, 0.2) is 5.17 Å². The number of aryl methyl sites for hydroxylation is 2. The van der Waals surface area contributed by atoms with E-state index in [1.165, 1.54) is 35.9 Å². The number of hydrogen-bond acceptors (Lipinski definition) is 4. The molecule has 0 aromatic heterocycles. The van der Waals surface area contributed by atoms with Crippen molar-refractivity contribution in [1.82, 2.24) is 4.90 Å². The van der Waals surface area contributed by atoms with Gasteiger partial charge < -0.3 is 4.90 Å². The smallest absolute Gasteiger partial charge is 0.266 e. The van der Waals surface area contributed by atoms with Crippen molar-refractivity contribution in [1.29, 1.82) is 0 Å². The first-order valence-electron chi connectivity index (χ1n) is 9.70. The number of nitrogens with zero attached hydrogens (tertiary/aromatic N) is 3. The summed E-state index contributed by atoms with van der Waals surface area (Å²) in [6.07, 6.45) is 4.52. The molecule has 0 unspecified atom stereocenters. The number of thioether (sulfide) groups is 1. The maximum atomic E-state index is 12.7. The normalized spacial score (nSPS) is 20.0. The van der Waals surface area contributed by atoms with Crippen molar-refractivity contribution in [2.24, 2.45) is 4.99 Å². The molecule has 2 aliphatic heterocycles. The molecule has 0 N–H and O–H groups in total. The van der Waals surface area contributed by atoms with Gasteiger partial charge in [-0.15, -0.1) is 0 Å². The van der Waals surface area contributed by atoms with E-state index in [2.05, 4.69) is 30.0 Å². The molecule has 144 valence electrons. The number of rotatable bonds is 3. The zero-order valence-corrected chi connectivity index (χ0v) is 17.4. The van der Waals surface area contributed by atoms with Crippen molar-refractivity contribution in [2.75, 3.05) is 25.0 Å². The largest absolute Gasteiger partial charge is 0.371 e. The van der Waals surface area contributed by atoms with Crippen LogP contribution >= 0.6 is 11.8 Å². The fraction of sp³-hybridized carbons (Fsp3) is 0.304. The SMILES string of the molecule is Cc1ccccc1N=C1S/C(=C/c2ccc(N3CCCC3)c(C)c2)C(=O)N1C. The number of amides is 1. The second-order valence-electron chi connectivity index (χ2n) is 7.40. The number of hydrogen-bond donors (Lipinski definition) is 0. The van der Waals surface area contributed by atoms with Crippen LogP contribution in [0.25, 0.3) is 6.08 Å². The first-order chi connectivity index (χ1) is 13.5. The molecule has 5 heteroatoms. The van der Waals surface area contributed by atoms with Crippen LogP contribution in [0.5, 0.6) is 0 Å². The Balaban J connectivity index is 1.59. The predicted molar refractivity (Wildman–Crippen MR) is 119 cm³/mol. The molecule has 1 amide bonds. The van der Waals surface area contributed by atoms with Gasteiger partial charge >= 0.3 is 0 Å². The van der Waals surface area contributed by atoms with Crippen molar-refractivity contribution in [3.8, 4) is 0 Å². The molecular weight excluding hydrogens is 366 g/mol. The average molecular weight is 392 g/mol. The molecule has 0 radical (unpaired) electrons. The lowest BCUT2D eigenvalue weighted by Crippen LogP contribution is -2.23. The number of amidine groups is 1. The lowest BCUT2D eigenvalue weighted by atomic mass is 10.1. The highest BCUT2D eigenvalue weighted by Gasteiger charge is 2.30. The lowest BCUT2D eigenvalue weighted by molar-refractivity contribution is -0.121. The molecule has 0 aliphatic carbocycles. The number of aliphatic imine (C=N–C) groups is 1. The Morgan fingerprint density at radius 3 is 2.50 bits per heavy atom. The van der Waals surface area contributed by atoms with E-state index in [1.54, 1.807) is 11.9 Å². The fourth-order valence-corrected chi connectivity index (χ4v) is 4.66. The van der Waals surface area contributed by atoms with E-state index in [0.717, 1.165) is 35.1 Å². The van der Waals surface area contributed by atoms with Crippen molar-refractivity contribution in [3.63, 3.8) is 0 Å². The zero-order chi connectivity index (χ0) is 19.7. The summed E-state index contributed by atoms with van der Waals surface area (Å²) in [7, 11) is 1.79. The van der Waals surface area contributed by atoms with Gasteiger partial charge in [-0.05, 0) is 79.4 Å². The Morgan fingerprint density at radius 2 is 1.79 bits per heavy atom. The summed E-state index contributed by atoms with van der Waals surface area (Å²) in [6, 6.07) is 14.4. The van der Waals surface area contributed by atoms with Crippen LogP contribution in [0.1, 0.15) is 29.5 Å². The fourth-order valence-electron chi connectivity index (χ4n) is 3.68. The van der Waals surface area contributed by atoms with Crippen molar-refractivity contribution in [3.05, 3.63) is 64.1 Å². The summed E-state index contributed by atoms with van der Waals surface area (Å²) >= 11 is 1.44. The Labute approximate surface area is 171 Å². The number of benzene rings is 2. The molecule has 2 aliphatic rings. The van der Waals surface area contributed by atoms with E-state index in [0.29, 0.717) is 4.91 Å². The highest BCUT2D eigenvalue weighted by molar-refractivity contribution is 8.18. The van der Waals surface area contributed by atoms with E-state index in [9.17, 15) is 4.79 Å². The second-order valence-corrected chi connectivity index (χ2v) is 8.40. The van der Waals surface area contributed by atoms with Gasteiger partial charge in [0, 0.05) is 25.8 Å². The third-order valence-corrected chi connectivity index (χ3v) is 6.36. The predicted octanol–water partition coefficient (Wildman–Crippen LogP) is 5.14. The Morgan fingerprint density at radius 1 is 1.04 bits per heavy atom. The minimum atomic E-state index is -0.00129. The molecule has 2 aromatic carbocycles. The van der Waals surface area contributed by atoms with E-state index in [4.69, 9.17) is 4.99 Å². The number of anilines is 1. The molecule has 2 aromatic rings. The third kappa shape index (κ3) is 3.72. The van der Waals surface area contributed by atoms with Gasteiger partial charge in [-0.3, -0.25) is 9.69 Å². The maximum absolute atomic E-state index is 12.7. The highest BCUT2D eigenvalue weighted by Crippen LogP contribution is 2.34. The Bertz CT molecular complexity index is 974. The number of carbonyl (C=O) groups is 1. The standard InChI is InChI=1S/C23H25N3OS/c1-16-8-4-5-9-19(16)24-23-25(3)22(27)21(28-23)15-18-10-11-20(17(2)14-18)26-12-6-7-13-26/h4-5,8-11,14-15H,6-7,12-13H2,1-3H3/b21-15+,24-23?. The van der Waals surface area contributed by atoms with Crippen molar-refractivity contribution >= 4 is 40.3 Å². The van der Waals surface area contributed by atoms with Gasteiger partial charge in [0.05, 0.1) is 10.6 Å². The number of para-hydroxylation sites is 1. The van der Waals surface area contributed by atoms with Crippen LogP contribution in [-0.4, -0.2) is 36.1 Å². The number of carbonyl (C=O) groups excluding carboxylic acids is 1. The van der Waals surface area contributed by atoms with Crippen LogP contribution < -0.4 is 4.90 Å². The summed E-state index contributed by atoms with van der Waals surface area (Å²) in [5.41, 5.74) is 5.62. The quantitative estimate of drug-likeness (QED) is 0.680. The molecule has 2 fully saturated rings. The van der Waals surface area contributed by atoms with Crippen LogP contribution in [0.15, 0.2) is 52.4 Å².